The van der Waals surface area contributed by atoms with E-state index in [9.17, 15) is 4.79 Å². The van der Waals surface area contributed by atoms with Gasteiger partial charge >= 0.3 is 0 Å². The van der Waals surface area contributed by atoms with Crippen LogP contribution in [0, 0.1) is 0 Å². The first kappa shape index (κ1) is 15.2. The van der Waals surface area contributed by atoms with Crippen LogP contribution in [0.5, 0.6) is 0 Å². The van der Waals surface area contributed by atoms with Crippen LogP contribution in [-0.4, -0.2) is 20.9 Å². The van der Waals surface area contributed by atoms with Crippen molar-refractivity contribution >= 4 is 11.6 Å². The van der Waals surface area contributed by atoms with Crippen molar-refractivity contribution in [2.75, 3.05) is 5.32 Å². The summed E-state index contributed by atoms with van der Waals surface area (Å²) in [6, 6.07) is 7.87. The molecule has 21 heavy (non-hydrogen) atoms. The Kier molecular flexibility index (Phi) is 4.37. The fraction of sp³-hybridized carbons (Fsp3) is 0.400. The Bertz CT molecular complexity index is 610. The van der Waals surface area contributed by atoms with Gasteiger partial charge in [0.25, 0.3) is 0 Å². The highest BCUT2D eigenvalue weighted by Gasteiger charge is 2.13. The second kappa shape index (κ2) is 6.05. The summed E-state index contributed by atoms with van der Waals surface area (Å²) in [6.45, 7) is 6.89. The summed E-state index contributed by atoms with van der Waals surface area (Å²) in [6.07, 6.45) is 1.67. The minimum atomic E-state index is -0.146. The highest BCUT2D eigenvalue weighted by atomic mass is 16.2. The summed E-state index contributed by atoms with van der Waals surface area (Å²) in [5.74, 6) is -0.146. The molecule has 0 aliphatic carbocycles. The van der Waals surface area contributed by atoms with Crippen LogP contribution in [0.2, 0.25) is 0 Å². The van der Waals surface area contributed by atoms with E-state index >= 15 is 0 Å². The van der Waals surface area contributed by atoms with Crippen LogP contribution in [0.15, 0.2) is 30.5 Å². The van der Waals surface area contributed by atoms with E-state index in [1.165, 1.54) is 10.2 Å². The van der Waals surface area contributed by atoms with Crippen molar-refractivity contribution in [2.24, 2.45) is 5.73 Å². The number of hydrogen-bond donors (Lipinski definition) is 2. The van der Waals surface area contributed by atoms with Gasteiger partial charge in [0, 0.05) is 12.2 Å². The van der Waals surface area contributed by atoms with E-state index < -0.39 is 0 Å². The van der Waals surface area contributed by atoms with E-state index in [1.807, 2.05) is 24.3 Å². The number of nitrogens with two attached hydrogens (primary N) is 1. The van der Waals surface area contributed by atoms with Gasteiger partial charge in [-0.15, -0.1) is 5.10 Å². The molecule has 1 aromatic carbocycles. The second-order valence-electron chi connectivity index (χ2n) is 5.99. The lowest BCUT2D eigenvalue weighted by molar-refractivity contribution is -0.116. The molecule has 0 unspecified atom stereocenters. The maximum absolute atomic E-state index is 11.9. The zero-order valence-corrected chi connectivity index (χ0v) is 12.6. The minimum Gasteiger partial charge on any atom is -0.325 e. The first-order valence-corrected chi connectivity index (χ1v) is 6.88. The predicted octanol–water partition coefficient (Wildman–Crippen LogP) is 1.67. The molecule has 0 bridgehead atoms. The highest BCUT2D eigenvalue weighted by Crippen LogP contribution is 2.23. The average Bonchev–Trinajstić information content (AvgIpc) is 2.85. The number of carbonyl (C=O) groups is 1. The minimum absolute atomic E-state index is 0.0991. The van der Waals surface area contributed by atoms with Gasteiger partial charge in [0.15, 0.2) is 0 Å². The van der Waals surface area contributed by atoms with E-state index in [0.29, 0.717) is 12.2 Å². The molecule has 0 fully saturated rings. The van der Waals surface area contributed by atoms with Gasteiger partial charge in [0.05, 0.1) is 11.9 Å². The van der Waals surface area contributed by atoms with E-state index in [4.69, 9.17) is 5.73 Å². The lowest BCUT2D eigenvalue weighted by Crippen LogP contribution is -2.19. The largest absolute Gasteiger partial charge is 0.325 e. The Labute approximate surface area is 124 Å². The van der Waals surface area contributed by atoms with Crippen molar-refractivity contribution in [1.82, 2.24) is 15.0 Å². The van der Waals surface area contributed by atoms with Crippen LogP contribution in [0.25, 0.3) is 0 Å². The molecule has 1 aromatic heterocycles. The summed E-state index contributed by atoms with van der Waals surface area (Å²) in [4.78, 5) is 11.9. The zero-order valence-electron chi connectivity index (χ0n) is 12.6. The van der Waals surface area contributed by atoms with E-state index in [-0.39, 0.29) is 17.9 Å². The molecule has 2 aromatic rings. The average molecular weight is 287 g/mol. The number of benzene rings is 1. The lowest BCUT2D eigenvalue weighted by Gasteiger charge is -2.19. The topological polar surface area (TPSA) is 85.8 Å². The van der Waals surface area contributed by atoms with Crippen LogP contribution < -0.4 is 11.1 Å². The Hall–Kier alpha value is -2.21. The molecular formula is C15H21N5O. The van der Waals surface area contributed by atoms with Crippen molar-refractivity contribution < 1.29 is 4.79 Å². The van der Waals surface area contributed by atoms with Gasteiger partial charge in [-0.25, -0.2) is 4.68 Å². The predicted molar refractivity (Wildman–Crippen MR) is 81.7 cm³/mol. The molecule has 0 spiro atoms. The maximum Gasteiger partial charge on any atom is 0.246 e. The molecule has 6 heteroatoms. The van der Waals surface area contributed by atoms with Gasteiger partial charge in [-0.1, -0.05) is 38.1 Å². The summed E-state index contributed by atoms with van der Waals surface area (Å²) in [5.41, 5.74) is 8.21. The standard InChI is InChI=1S/C15H21N5O/c1-15(2,3)11-4-6-12(7-5-11)17-14(21)10-20-9-13(8-16)18-19-20/h4-7,9H,8,10,16H2,1-3H3,(H,17,21). The zero-order chi connectivity index (χ0) is 15.5. The van der Waals surface area contributed by atoms with Crippen molar-refractivity contribution in [2.45, 2.75) is 39.3 Å². The molecule has 0 atom stereocenters. The molecule has 112 valence electrons. The van der Waals surface area contributed by atoms with Crippen LogP contribution >= 0.6 is 0 Å². The number of nitrogens with zero attached hydrogens (tertiary/aromatic N) is 3. The molecule has 0 saturated heterocycles. The summed E-state index contributed by atoms with van der Waals surface area (Å²) >= 11 is 0. The summed E-state index contributed by atoms with van der Waals surface area (Å²) < 4.78 is 1.47. The Morgan fingerprint density at radius 2 is 1.95 bits per heavy atom. The SMILES string of the molecule is CC(C)(C)c1ccc(NC(=O)Cn2cc(CN)nn2)cc1. The molecule has 0 radical (unpaired) electrons. The Morgan fingerprint density at radius 1 is 1.29 bits per heavy atom. The molecule has 1 heterocycles. The molecular weight excluding hydrogens is 266 g/mol. The first-order chi connectivity index (χ1) is 9.88. The quantitative estimate of drug-likeness (QED) is 0.895. The molecule has 0 saturated carbocycles. The lowest BCUT2D eigenvalue weighted by atomic mass is 9.87. The van der Waals surface area contributed by atoms with Crippen LogP contribution in [0.1, 0.15) is 32.0 Å². The molecule has 2 rings (SSSR count). The molecule has 1 amide bonds. The first-order valence-electron chi connectivity index (χ1n) is 6.88. The third-order valence-electron chi connectivity index (χ3n) is 3.14. The number of anilines is 1. The van der Waals surface area contributed by atoms with Gasteiger partial charge < -0.3 is 11.1 Å². The number of carbonyl (C=O) groups excluding carboxylic acids is 1. The number of rotatable bonds is 4. The van der Waals surface area contributed by atoms with Gasteiger partial charge in [0.1, 0.15) is 6.54 Å². The smallest absolute Gasteiger partial charge is 0.246 e. The number of nitrogens with one attached hydrogen (secondary N) is 1. The van der Waals surface area contributed by atoms with E-state index in [0.717, 1.165) is 5.69 Å². The van der Waals surface area contributed by atoms with Crippen LogP contribution in [0.4, 0.5) is 5.69 Å². The number of hydrogen-bond acceptors (Lipinski definition) is 4. The highest BCUT2D eigenvalue weighted by molar-refractivity contribution is 5.90. The van der Waals surface area contributed by atoms with Crippen molar-refractivity contribution in [3.63, 3.8) is 0 Å². The summed E-state index contributed by atoms with van der Waals surface area (Å²) in [7, 11) is 0. The van der Waals surface area contributed by atoms with Crippen LogP contribution in [0.3, 0.4) is 0 Å². The van der Waals surface area contributed by atoms with Gasteiger partial charge in [-0.2, -0.15) is 0 Å². The maximum atomic E-state index is 11.9. The van der Waals surface area contributed by atoms with Crippen molar-refractivity contribution in [3.05, 3.63) is 41.7 Å². The molecule has 3 N–H and O–H groups in total. The van der Waals surface area contributed by atoms with Gasteiger partial charge in [0.2, 0.25) is 5.91 Å². The van der Waals surface area contributed by atoms with E-state index in [1.54, 1.807) is 6.20 Å². The van der Waals surface area contributed by atoms with Gasteiger partial charge in [-0.05, 0) is 23.1 Å². The Balaban J connectivity index is 1.96. The fourth-order valence-corrected chi connectivity index (χ4v) is 1.91. The Morgan fingerprint density at radius 3 is 2.48 bits per heavy atom. The molecule has 6 nitrogen and oxygen atoms in total. The molecule has 0 aliphatic rings. The van der Waals surface area contributed by atoms with Gasteiger partial charge in [-0.3, -0.25) is 4.79 Å². The summed E-state index contributed by atoms with van der Waals surface area (Å²) in [5, 5.41) is 10.5. The molecule has 0 aliphatic heterocycles. The second-order valence-corrected chi connectivity index (χ2v) is 5.99. The van der Waals surface area contributed by atoms with Crippen molar-refractivity contribution in [3.8, 4) is 0 Å². The van der Waals surface area contributed by atoms with Crippen molar-refractivity contribution in [1.29, 1.82) is 0 Å². The normalized spacial score (nSPS) is 11.4. The van der Waals surface area contributed by atoms with Crippen LogP contribution in [-0.2, 0) is 23.3 Å². The monoisotopic (exact) mass is 287 g/mol. The van der Waals surface area contributed by atoms with E-state index in [2.05, 4.69) is 36.4 Å². The fourth-order valence-electron chi connectivity index (χ4n) is 1.91. The third kappa shape index (κ3) is 4.13. The number of amides is 1. The third-order valence-corrected chi connectivity index (χ3v) is 3.14. The number of aromatic nitrogens is 3.